The summed E-state index contributed by atoms with van der Waals surface area (Å²) in [5, 5.41) is 8.97. The molecule has 0 unspecified atom stereocenters. The van der Waals surface area contributed by atoms with Gasteiger partial charge in [-0.2, -0.15) is 5.26 Å². The van der Waals surface area contributed by atoms with Gasteiger partial charge >= 0.3 is 0 Å². The van der Waals surface area contributed by atoms with Gasteiger partial charge in [0, 0.05) is 12.0 Å². The first kappa shape index (κ1) is 11.8. The summed E-state index contributed by atoms with van der Waals surface area (Å²) in [5.41, 5.74) is 1.22. The van der Waals surface area contributed by atoms with Crippen LogP contribution in [0.2, 0.25) is 5.02 Å². The quantitative estimate of drug-likeness (QED) is 0.794. The summed E-state index contributed by atoms with van der Waals surface area (Å²) in [5.74, 6) is -0.298. The third-order valence-corrected chi connectivity index (χ3v) is 2.66. The summed E-state index contributed by atoms with van der Waals surface area (Å²) < 4.78 is 18.4. The van der Waals surface area contributed by atoms with Crippen molar-refractivity contribution in [3.63, 3.8) is 0 Å². The van der Waals surface area contributed by atoms with Gasteiger partial charge in [0.25, 0.3) is 0 Å². The van der Waals surface area contributed by atoms with E-state index in [2.05, 4.69) is 0 Å². The highest BCUT2D eigenvalue weighted by Crippen LogP contribution is 2.33. The molecule has 1 rings (SSSR count). The van der Waals surface area contributed by atoms with Crippen molar-refractivity contribution in [1.29, 1.82) is 5.26 Å². The maximum absolute atomic E-state index is 13.5. The molecule has 0 bridgehead atoms. The zero-order chi connectivity index (χ0) is 11.4. The molecule has 0 N–H and O–H groups in total. The molecule has 0 radical (unpaired) electrons. The molecule has 0 saturated heterocycles. The molecular formula is C11H11ClFNO. The van der Waals surface area contributed by atoms with E-state index in [1.165, 1.54) is 13.2 Å². The Morgan fingerprint density at radius 2 is 2.27 bits per heavy atom. The van der Waals surface area contributed by atoms with Crippen molar-refractivity contribution < 1.29 is 9.13 Å². The van der Waals surface area contributed by atoms with Crippen LogP contribution in [0.3, 0.4) is 0 Å². The zero-order valence-corrected chi connectivity index (χ0v) is 9.36. The van der Waals surface area contributed by atoms with Crippen molar-refractivity contribution in [2.24, 2.45) is 0 Å². The van der Waals surface area contributed by atoms with Crippen molar-refractivity contribution in [3.05, 3.63) is 28.0 Å². The van der Waals surface area contributed by atoms with E-state index in [-0.39, 0.29) is 5.75 Å². The molecule has 0 aliphatic rings. The number of hydrogen-bond donors (Lipinski definition) is 0. The van der Waals surface area contributed by atoms with Crippen molar-refractivity contribution in [3.8, 4) is 11.8 Å². The smallest absolute Gasteiger partial charge is 0.165 e. The summed E-state index contributed by atoms with van der Waals surface area (Å²) in [6.45, 7) is 1.72. The van der Waals surface area contributed by atoms with Crippen molar-refractivity contribution in [1.82, 2.24) is 0 Å². The van der Waals surface area contributed by atoms with E-state index in [1.807, 2.05) is 6.07 Å². The van der Waals surface area contributed by atoms with E-state index >= 15 is 0 Å². The van der Waals surface area contributed by atoms with Crippen molar-refractivity contribution in [2.75, 3.05) is 7.11 Å². The summed E-state index contributed by atoms with van der Waals surface area (Å²) in [6, 6.07) is 3.33. The Balaban J connectivity index is 3.25. The fourth-order valence-electron chi connectivity index (χ4n) is 1.43. The van der Waals surface area contributed by atoms with E-state index in [4.69, 9.17) is 21.6 Å². The summed E-state index contributed by atoms with van der Waals surface area (Å²) >= 11 is 6.03. The van der Waals surface area contributed by atoms with Gasteiger partial charge in [0.05, 0.1) is 18.2 Å². The zero-order valence-electron chi connectivity index (χ0n) is 8.60. The number of benzene rings is 1. The third kappa shape index (κ3) is 2.40. The second-order valence-corrected chi connectivity index (χ2v) is 3.54. The molecule has 0 spiro atoms. The van der Waals surface area contributed by atoms with Gasteiger partial charge in [0.1, 0.15) is 0 Å². The largest absolute Gasteiger partial charge is 0.493 e. The first-order valence-corrected chi connectivity index (χ1v) is 4.88. The van der Waals surface area contributed by atoms with Crippen LogP contribution in [0.25, 0.3) is 0 Å². The summed E-state index contributed by atoms with van der Waals surface area (Å²) in [4.78, 5) is 0. The van der Waals surface area contributed by atoms with E-state index in [0.29, 0.717) is 29.0 Å². The number of rotatable bonds is 3. The summed E-state index contributed by atoms with van der Waals surface area (Å²) in [6.07, 6.45) is 0.691. The number of nitriles is 1. The van der Waals surface area contributed by atoms with Crippen LogP contribution in [-0.4, -0.2) is 7.11 Å². The Hall–Kier alpha value is -1.27. The fourth-order valence-corrected chi connectivity index (χ4v) is 1.66. The van der Waals surface area contributed by atoms with Gasteiger partial charge in [-0.05, 0) is 25.0 Å². The molecule has 1 aromatic rings. The molecule has 2 nitrogen and oxygen atoms in total. The van der Waals surface area contributed by atoms with Gasteiger partial charge in [-0.1, -0.05) is 11.6 Å². The minimum absolute atomic E-state index is 0.140. The van der Waals surface area contributed by atoms with Crippen LogP contribution in [0.1, 0.15) is 17.5 Å². The first-order valence-electron chi connectivity index (χ1n) is 4.50. The minimum Gasteiger partial charge on any atom is -0.493 e. The van der Waals surface area contributed by atoms with Crippen molar-refractivity contribution in [2.45, 2.75) is 19.8 Å². The van der Waals surface area contributed by atoms with Crippen LogP contribution in [0, 0.1) is 24.1 Å². The molecule has 0 amide bonds. The Morgan fingerprint density at radius 1 is 1.60 bits per heavy atom. The molecule has 0 atom stereocenters. The number of methoxy groups -OCH3 is 1. The highest BCUT2D eigenvalue weighted by molar-refractivity contribution is 6.32. The van der Waals surface area contributed by atoms with Gasteiger partial charge < -0.3 is 4.74 Å². The van der Waals surface area contributed by atoms with Crippen LogP contribution in [-0.2, 0) is 6.42 Å². The second kappa shape index (κ2) is 4.99. The average Bonchev–Trinajstić information content (AvgIpc) is 2.21. The average molecular weight is 228 g/mol. The Morgan fingerprint density at radius 3 is 2.80 bits per heavy atom. The highest BCUT2D eigenvalue weighted by Gasteiger charge is 2.15. The molecule has 0 aliphatic heterocycles. The molecular weight excluding hydrogens is 217 g/mol. The molecule has 15 heavy (non-hydrogen) atoms. The van der Waals surface area contributed by atoms with E-state index in [1.54, 1.807) is 6.92 Å². The fraction of sp³-hybridized carbons (Fsp3) is 0.364. The number of halogens is 2. The molecule has 0 aromatic heterocycles. The monoisotopic (exact) mass is 227 g/mol. The van der Waals surface area contributed by atoms with Gasteiger partial charge in [-0.3, -0.25) is 0 Å². The van der Waals surface area contributed by atoms with E-state index < -0.39 is 5.82 Å². The predicted octanol–water partition coefficient (Wildman–Crippen LogP) is 3.25. The second-order valence-electron chi connectivity index (χ2n) is 3.16. The van der Waals surface area contributed by atoms with Gasteiger partial charge in [0.2, 0.25) is 0 Å². The van der Waals surface area contributed by atoms with E-state index in [0.717, 1.165) is 0 Å². The normalized spacial score (nSPS) is 9.80. The highest BCUT2D eigenvalue weighted by atomic mass is 35.5. The Bertz CT molecular complexity index is 412. The third-order valence-electron chi connectivity index (χ3n) is 2.14. The van der Waals surface area contributed by atoms with Crippen LogP contribution in [0.15, 0.2) is 6.07 Å². The van der Waals surface area contributed by atoms with Crippen molar-refractivity contribution >= 4 is 11.6 Å². The molecule has 0 fully saturated rings. The molecule has 1 aromatic carbocycles. The Labute approximate surface area is 93.2 Å². The number of ether oxygens (including phenoxy) is 1. The maximum atomic E-state index is 13.5. The number of nitrogens with zero attached hydrogens (tertiary/aromatic N) is 1. The molecule has 0 heterocycles. The lowest BCUT2D eigenvalue weighted by Crippen LogP contribution is -1.98. The molecule has 0 saturated carbocycles. The first-order chi connectivity index (χ1) is 7.11. The van der Waals surface area contributed by atoms with E-state index in [9.17, 15) is 4.39 Å². The number of hydrogen-bond acceptors (Lipinski definition) is 2. The molecule has 0 aliphatic carbocycles. The lowest BCUT2D eigenvalue weighted by Gasteiger charge is -2.12. The number of aryl methyl sites for hydroxylation is 1. The van der Waals surface area contributed by atoms with Gasteiger partial charge in [0.15, 0.2) is 11.6 Å². The lowest BCUT2D eigenvalue weighted by molar-refractivity contribution is 0.381. The predicted molar refractivity (Wildman–Crippen MR) is 56.6 cm³/mol. The summed E-state index contributed by atoms with van der Waals surface area (Å²) in [7, 11) is 1.39. The molecule has 4 heteroatoms. The SMILES string of the molecule is COc1c(F)cc(C)c(Cl)c1CCC#N. The van der Waals surface area contributed by atoms with Gasteiger partial charge in [-0.25, -0.2) is 4.39 Å². The standard InChI is InChI=1S/C11H11ClFNO/c1-7-6-9(13)11(15-2)8(10(7)12)4-3-5-14/h6H,3-4H2,1-2H3. The lowest BCUT2D eigenvalue weighted by atomic mass is 10.1. The Kier molecular flexibility index (Phi) is 3.93. The van der Waals surface area contributed by atoms with Gasteiger partial charge in [-0.15, -0.1) is 0 Å². The van der Waals surface area contributed by atoms with Crippen LogP contribution < -0.4 is 4.74 Å². The van der Waals surface area contributed by atoms with Crippen LogP contribution in [0.4, 0.5) is 4.39 Å². The maximum Gasteiger partial charge on any atom is 0.165 e. The van der Waals surface area contributed by atoms with Crippen LogP contribution >= 0.6 is 11.6 Å². The minimum atomic E-state index is -0.438. The molecule has 80 valence electrons. The topological polar surface area (TPSA) is 33.0 Å². The van der Waals surface area contributed by atoms with Crippen LogP contribution in [0.5, 0.6) is 5.75 Å².